The summed E-state index contributed by atoms with van der Waals surface area (Å²) in [5.74, 6) is 1.68. The van der Waals surface area contributed by atoms with E-state index in [1.165, 1.54) is 0 Å². The van der Waals surface area contributed by atoms with Crippen molar-refractivity contribution in [1.82, 2.24) is 24.0 Å². The van der Waals surface area contributed by atoms with Crippen LogP contribution in [0.15, 0.2) is 53.7 Å². The Balaban J connectivity index is 1.40. The highest BCUT2D eigenvalue weighted by molar-refractivity contribution is 5.70. The van der Waals surface area contributed by atoms with E-state index in [0.29, 0.717) is 5.65 Å². The molecule has 1 saturated heterocycles. The maximum atomic E-state index is 12.4. The Morgan fingerprint density at radius 1 is 0.967 bits per heavy atom. The van der Waals surface area contributed by atoms with Crippen LogP contribution in [0.3, 0.4) is 0 Å². The van der Waals surface area contributed by atoms with Gasteiger partial charge in [-0.2, -0.15) is 5.10 Å². The maximum Gasteiger partial charge on any atom is 0.259 e. The highest BCUT2D eigenvalue weighted by Crippen LogP contribution is 2.27. The van der Waals surface area contributed by atoms with Crippen molar-refractivity contribution in [2.45, 2.75) is 26.2 Å². The fourth-order valence-corrected chi connectivity index (χ4v) is 3.87. The fraction of sp³-hybridized carbons (Fsp3) is 0.364. The molecule has 5 heterocycles. The lowest BCUT2D eigenvalue weighted by Gasteiger charge is -2.36. The normalized spacial score (nSPS) is 15.3. The molecule has 1 aliphatic heterocycles. The molecule has 0 atom stereocenters. The first-order chi connectivity index (χ1) is 14.4. The van der Waals surface area contributed by atoms with Crippen molar-refractivity contribution in [3.63, 3.8) is 0 Å². The van der Waals surface area contributed by atoms with Crippen LogP contribution in [-0.2, 0) is 5.41 Å². The molecule has 0 radical (unpaired) electrons. The van der Waals surface area contributed by atoms with Crippen LogP contribution >= 0.6 is 0 Å². The highest BCUT2D eigenvalue weighted by atomic mass is 16.1. The van der Waals surface area contributed by atoms with E-state index in [4.69, 9.17) is 5.10 Å². The zero-order chi connectivity index (χ0) is 20.9. The Hall–Kier alpha value is -3.42. The van der Waals surface area contributed by atoms with Gasteiger partial charge in [0.05, 0.1) is 5.69 Å². The van der Waals surface area contributed by atoms with Crippen LogP contribution in [-0.4, -0.2) is 50.2 Å². The number of anilines is 2. The summed E-state index contributed by atoms with van der Waals surface area (Å²) in [6.45, 7) is 9.66. The SMILES string of the molecule is CC(C)(C)c1cc2c(N3CCN(c4cc(=O)n5ccccc5n4)CC3)nccn2n1. The lowest BCUT2D eigenvalue weighted by Crippen LogP contribution is -2.47. The molecule has 0 spiro atoms. The van der Waals surface area contributed by atoms with Gasteiger partial charge in [0, 0.05) is 56.3 Å². The molecule has 0 bridgehead atoms. The predicted octanol–water partition coefficient (Wildman–Crippen LogP) is 2.36. The summed E-state index contributed by atoms with van der Waals surface area (Å²) >= 11 is 0. The molecule has 154 valence electrons. The van der Waals surface area contributed by atoms with Gasteiger partial charge in [-0.05, 0) is 18.2 Å². The van der Waals surface area contributed by atoms with Gasteiger partial charge in [0.2, 0.25) is 0 Å². The largest absolute Gasteiger partial charge is 0.353 e. The van der Waals surface area contributed by atoms with Crippen LogP contribution < -0.4 is 15.4 Å². The number of fused-ring (bicyclic) bond motifs is 2. The zero-order valence-electron chi connectivity index (χ0n) is 17.5. The lowest BCUT2D eigenvalue weighted by molar-refractivity contribution is 0.562. The van der Waals surface area contributed by atoms with Crippen molar-refractivity contribution in [1.29, 1.82) is 0 Å². The molecule has 30 heavy (non-hydrogen) atoms. The molecular formula is C22H25N7O. The van der Waals surface area contributed by atoms with Crippen molar-refractivity contribution in [3.05, 3.63) is 65.0 Å². The average molecular weight is 403 g/mol. The molecule has 4 aromatic heterocycles. The predicted molar refractivity (Wildman–Crippen MR) is 118 cm³/mol. The van der Waals surface area contributed by atoms with Gasteiger partial charge in [-0.3, -0.25) is 9.20 Å². The Labute approximate surface area is 174 Å². The minimum Gasteiger partial charge on any atom is -0.353 e. The van der Waals surface area contributed by atoms with Crippen LogP contribution in [0.25, 0.3) is 11.2 Å². The molecular weight excluding hydrogens is 378 g/mol. The summed E-state index contributed by atoms with van der Waals surface area (Å²) in [6.07, 6.45) is 5.45. The monoisotopic (exact) mass is 403 g/mol. The van der Waals surface area contributed by atoms with Crippen molar-refractivity contribution in [3.8, 4) is 0 Å². The van der Waals surface area contributed by atoms with Gasteiger partial charge in [-0.1, -0.05) is 26.8 Å². The van der Waals surface area contributed by atoms with Gasteiger partial charge in [0.15, 0.2) is 5.82 Å². The molecule has 8 heteroatoms. The van der Waals surface area contributed by atoms with E-state index in [2.05, 4.69) is 46.6 Å². The summed E-state index contributed by atoms with van der Waals surface area (Å²) in [5.41, 5.74) is 2.67. The summed E-state index contributed by atoms with van der Waals surface area (Å²) in [5, 5.41) is 4.73. The van der Waals surface area contributed by atoms with Crippen LogP contribution in [0.5, 0.6) is 0 Å². The number of rotatable bonds is 2. The Kier molecular flexibility index (Phi) is 4.23. The van der Waals surface area contributed by atoms with Gasteiger partial charge < -0.3 is 9.80 Å². The topological polar surface area (TPSA) is 71.0 Å². The van der Waals surface area contributed by atoms with E-state index < -0.39 is 0 Å². The third-order valence-corrected chi connectivity index (χ3v) is 5.60. The average Bonchev–Trinajstić information content (AvgIpc) is 3.19. The second-order valence-corrected chi connectivity index (χ2v) is 8.72. The van der Waals surface area contributed by atoms with Crippen LogP contribution in [0.2, 0.25) is 0 Å². The molecule has 1 aliphatic rings. The number of pyridine rings is 1. The van der Waals surface area contributed by atoms with E-state index in [1.54, 1.807) is 22.9 Å². The van der Waals surface area contributed by atoms with Crippen molar-refractivity contribution < 1.29 is 0 Å². The second kappa shape index (κ2) is 6.83. The molecule has 0 aromatic carbocycles. The van der Waals surface area contributed by atoms with Gasteiger partial charge in [-0.15, -0.1) is 0 Å². The molecule has 4 aromatic rings. The number of aromatic nitrogens is 5. The fourth-order valence-electron chi connectivity index (χ4n) is 3.87. The minimum absolute atomic E-state index is 0.0161. The Bertz CT molecular complexity index is 1280. The molecule has 1 fully saturated rings. The molecule has 8 nitrogen and oxygen atoms in total. The van der Waals surface area contributed by atoms with Crippen molar-refractivity contribution >= 4 is 22.8 Å². The molecule has 0 amide bonds. The summed E-state index contributed by atoms with van der Waals surface area (Å²) in [6, 6.07) is 9.35. The zero-order valence-corrected chi connectivity index (χ0v) is 17.5. The van der Waals surface area contributed by atoms with E-state index in [0.717, 1.165) is 49.0 Å². The quantitative estimate of drug-likeness (QED) is 0.512. The Morgan fingerprint density at radius 3 is 2.50 bits per heavy atom. The van der Waals surface area contributed by atoms with Crippen molar-refractivity contribution in [2.75, 3.05) is 36.0 Å². The van der Waals surface area contributed by atoms with E-state index in [9.17, 15) is 4.79 Å². The van der Waals surface area contributed by atoms with Crippen molar-refractivity contribution in [2.24, 2.45) is 0 Å². The van der Waals surface area contributed by atoms with E-state index in [-0.39, 0.29) is 11.0 Å². The molecule has 0 saturated carbocycles. The van der Waals surface area contributed by atoms with Gasteiger partial charge in [-0.25, -0.2) is 14.5 Å². The number of hydrogen-bond acceptors (Lipinski definition) is 6. The molecule has 0 N–H and O–H groups in total. The van der Waals surface area contributed by atoms with E-state index in [1.807, 2.05) is 28.9 Å². The summed E-state index contributed by atoms with van der Waals surface area (Å²) < 4.78 is 3.48. The Morgan fingerprint density at radius 2 is 1.73 bits per heavy atom. The van der Waals surface area contributed by atoms with Crippen LogP contribution in [0, 0.1) is 0 Å². The maximum absolute atomic E-state index is 12.4. The first-order valence-electron chi connectivity index (χ1n) is 10.2. The standard InChI is InChI=1S/C22H25N7O/c1-22(2,3)17-14-16-21(23-7-9-29(16)25-17)27-12-10-26(11-13-27)19-15-20(30)28-8-5-4-6-18(28)24-19/h4-9,14-15H,10-13H2,1-3H3. The number of nitrogens with zero attached hydrogens (tertiary/aromatic N) is 7. The molecule has 5 rings (SSSR count). The lowest BCUT2D eigenvalue weighted by atomic mass is 9.92. The smallest absolute Gasteiger partial charge is 0.259 e. The third-order valence-electron chi connectivity index (χ3n) is 5.60. The molecule has 0 aliphatic carbocycles. The van der Waals surface area contributed by atoms with Gasteiger partial charge >= 0.3 is 0 Å². The van der Waals surface area contributed by atoms with E-state index >= 15 is 0 Å². The van der Waals surface area contributed by atoms with Gasteiger partial charge in [0.1, 0.15) is 17.0 Å². The van der Waals surface area contributed by atoms with Crippen LogP contribution in [0.1, 0.15) is 26.5 Å². The highest BCUT2D eigenvalue weighted by Gasteiger charge is 2.24. The number of hydrogen-bond donors (Lipinski definition) is 0. The third kappa shape index (κ3) is 3.18. The first kappa shape index (κ1) is 18.6. The van der Waals surface area contributed by atoms with Gasteiger partial charge in [0.25, 0.3) is 5.56 Å². The first-order valence-corrected chi connectivity index (χ1v) is 10.2. The summed E-state index contributed by atoms with van der Waals surface area (Å²) in [4.78, 5) is 26.2. The molecule has 0 unspecified atom stereocenters. The summed E-state index contributed by atoms with van der Waals surface area (Å²) in [7, 11) is 0. The number of piperazine rings is 1. The van der Waals surface area contributed by atoms with Crippen LogP contribution in [0.4, 0.5) is 11.6 Å². The second-order valence-electron chi connectivity index (χ2n) is 8.72. The minimum atomic E-state index is -0.0570.